The molecule has 4 heteroatoms. The van der Waals surface area contributed by atoms with Crippen LogP contribution in [0.4, 0.5) is 0 Å². The molecule has 1 aliphatic heterocycles. The standard InChI is InChI=1S/C18H24N2O2/c1-2-19-13-15-16(22-14-9-5-3-6-10-14)17(21)20-18(15)11-7-4-8-12-18/h3,5-6,9-10,19H,2,4,7-8,11-13H2,1H3,(H,20,21). The van der Waals surface area contributed by atoms with E-state index in [9.17, 15) is 4.79 Å². The topological polar surface area (TPSA) is 50.4 Å². The van der Waals surface area contributed by atoms with Crippen molar-refractivity contribution in [2.24, 2.45) is 0 Å². The SMILES string of the molecule is CCNCC1=C(Oc2ccccc2)C(=O)NC12CCCCC2. The molecule has 118 valence electrons. The molecule has 2 aliphatic rings. The molecule has 0 atom stereocenters. The van der Waals surface area contributed by atoms with Crippen molar-refractivity contribution in [3.8, 4) is 5.75 Å². The van der Waals surface area contributed by atoms with Gasteiger partial charge in [0.1, 0.15) is 5.75 Å². The first kappa shape index (κ1) is 15.1. The molecule has 1 spiro atoms. The summed E-state index contributed by atoms with van der Waals surface area (Å²) >= 11 is 0. The first-order valence-electron chi connectivity index (χ1n) is 8.25. The van der Waals surface area contributed by atoms with Crippen molar-refractivity contribution in [3.05, 3.63) is 41.7 Å². The normalized spacial score (nSPS) is 20.3. The first-order valence-corrected chi connectivity index (χ1v) is 8.25. The molecule has 0 unspecified atom stereocenters. The van der Waals surface area contributed by atoms with Crippen LogP contribution in [0.25, 0.3) is 0 Å². The molecule has 4 nitrogen and oxygen atoms in total. The first-order chi connectivity index (χ1) is 10.7. The number of carbonyl (C=O) groups is 1. The van der Waals surface area contributed by atoms with Crippen molar-refractivity contribution >= 4 is 5.91 Å². The summed E-state index contributed by atoms with van der Waals surface area (Å²) < 4.78 is 5.95. The predicted octanol–water partition coefficient (Wildman–Crippen LogP) is 2.76. The number of hydrogen-bond acceptors (Lipinski definition) is 3. The van der Waals surface area contributed by atoms with E-state index in [1.54, 1.807) is 0 Å². The molecule has 0 bridgehead atoms. The fourth-order valence-electron chi connectivity index (χ4n) is 3.50. The van der Waals surface area contributed by atoms with Crippen LogP contribution in [0.3, 0.4) is 0 Å². The van der Waals surface area contributed by atoms with Crippen molar-refractivity contribution in [1.82, 2.24) is 10.6 Å². The zero-order valence-corrected chi connectivity index (χ0v) is 13.2. The van der Waals surface area contributed by atoms with Crippen molar-refractivity contribution in [1.29, 1.82) is 0 Å². The number of ether oxygens (including phenoxy) is 1. The van der Waals surface area contributed by atoms with Crippen molar-refractivity contribution in [3.63, 3.8) is 0 Å². The zero-order valence-electron chi connectivity index (χ0n) is 13.2. The molecule has 1 aliphatic carbocycles. The number of para-hydroxylation sites is 1. The summed E-state index contributed by atoms with van der Waals surface area (Å²) in [5, 5.41) is 6.59. The molecule has 1 fully saturated rings. The Morgan fingerprint density at radius 1 is 1.18 bits per heavy atom. The quantitative estimate of drug-likeness (QED) is 0.879. The Kier molecular flexibility index (Phi) is 4.48. The van der Waals surface area contributed by atoms with Crippen molar-refractivity contribution < 1.29 is 9.53 Å². The van der Waals surface area contributed by atoms with E-state index in [4.69, 9.17) is 4.74 Å². The highest BCUT2D eigenvalue weighted by molar-refractivity contribution is 5.97. The average molecular weight is 300 g/mol. The van der Waals surface area contributed by atoms with E-state index in [1.807, 2.05) is 30.3 Å². The van der Waals surface area contributed by atoms with Crippen molar-refractivity contribution in [2.75, 3.05) is 13.1 Å². The number of likely N-dealkylation sites (N-methyl/N-ethyl adjacent to an activating group) is 1. The van der Waals surface area contributed by atoms with Gasteiger partial charge in [0.05, 0.1) is 5.54 Å². The summed E-state index contributed by atoms with van der Waals surface area (Å²) in [5.74, 6) is 1.14. The Labute approximate surface area is 131 Å². The van der Waals surface area contributed by atoms with Gasteiger partial charge in [-0.3, -0.25) is 4.79 Å². The second-order valence-electron chi connectivity index (χ2n) is 6.10. The fourth-order valence-corrected chi connectivity index (χ4v) is 3.50. The molecule has 1 saturated carbocycles. The molecule has 0 saturated heterocycles. The highest BCUT2D eigenvalue weighted by Crippen LogP contribution is 2.39. The molecule has 3 rings (SSSR count). The summed E-state index contributed by atoms with van der Waals surface area (Å²) in [7, 11) is 0. The highest BCUT2D eigenvalue weighted by atomic mass is 16.5. The van der Waals surface area contributed by atoms with E-state index < -0.39 is 0 Å². The van der Waals surface area contributed by atoms with Gasteiger partial charge in [-0.2, -0.15) is 0 Å². The summed E-state index contributed by atoms with van der Waals surface area (Å²) in [5.41, 5.74) is 0.907. The Morgan fingerprint density at radius 2 is 1.91 bits per heavy atom. The number of rotatable bonds is 5. The maximum absolute atomic E-state index is 12.5. The predicted molar refractivity (Wildman–Crippen MR) is 86.6 cm³/mol. The lowest BCUT2D eigenvalue weighted by Gasteiger charge is -2.36. The minimum atomic E-state index is -0.193. The molecule has 0 aromatic heterocycles. The van der Waals surface area contributed by atoms with Crippen LogP contribution in [0.15, 0.2) is 41.7 Å². The number of benzene rings is 1. The Balaban J connectivity index is 1.92. The summed E-state index contributed by atoms with van der Waals surface area (Å²) in [4.78, 5) is 12.5. The lowest BCUT2D eigenvalue weighted by Crippen LogP contribution is -2.47. The van der Waals surface area contributed by atoms with E-state index in [2.05, 4.69) is 17.6 Å². The number of amides is 1. The van der Waals surface area contributed by atoms with Crippen LogP contribution < -0.4 is 15.4 Å². The van der Waals surface area contributed by atoms with Gasteiger partial charge in [-0.15, -0.1) is 0 Å². The number of hydrogen-bond donors (Lipinski definition) is 2. The molecular formula is C18H24N2O2. The van der Waals surface area contributed by atoms with Crippen LogP contribution in [0, 0.1) is 0 Å². The molecular weight excluding hydrogens is 276 g/mol. The Hall–Kier alpha value is -1.81. The van der Waals surface area contributed by atoms with Crippen LogP contribution in [0.2, 0.25) is 0 Å². The van der Waals surface area contributed by atoms with Gasteiger partial charge >= 0.3 is 0 Å². The third-order valence-corrected chi connectivity index (χ3v) is 4.63. The third-order valence-electron chi connectivity index (χ3n) is 4.63. The van der Waals surface area contributed by atoms with E-state index in [1.165, 1.54) is 6.42 Å². The second-order valence-corrected chi connectivity index (χ2v) is 6.10. The van der Waals surface area contributed by atoms with E-state index >= 15 is 0 Å². The van der Waals surface area contributed by atoms with Gasteiger partial charge < -0.3 is 15.4 Å². The molecule has 1 aromatic carbocycles. The summed E-state index contributed by atoms with van der Waals surface area (Å²) in [6.07, 6.45) is 5.60. The van der Waals surface area contributed by atoms with E-state index in [-0.39, 0.29) is 11.4 Å². The summed E-state index contributed by atoms with van der Waals surface area (Å²) in [6, 6.07) is 9.55. The largest absolute Gasteiger partial charge is 0.451 e. The maximum atomic E-state index is 12.5. The van der Waals surface area contributed by atoms with Gasteiger partial charge in [-0.1, -0.05) is 44.4 Å². The summed E-state index contributed by atoms with van der Waals surface area (Å²) in [6.45, 7) is 3.67. The van der Waals surface area contributed by atoms with Gasteiger partial charge in [0, 0.05) is 12.1 Å². The lowest BCUT2D eigenvalue weighted by molar-refractivity contribution is -0.119. The van der Waals surface area contributed by atoms with Gasteiger partial charge in [0.25, 0.3) is 5.91 Å². The second kappa shape index (κ2) is 6.53. The molecule has 0 radical (unpaired) electrons. The zero-order chi connectivity index (χ0) is 15.4. The monoisotopic (exact) mass is 300 g/mol. The molecule has 1 heterocycles. The molecule has 22 heavy (non-hydrogen) atoms. The van der Waals surface area contributed by atoms with Crippen LogP contribution >= 0.6 is 0 Å². The highest BCUT2D eigenvalue weighted by Gasteiger charge is 2.46. The Bertz CT molecular complexity index is 560. The minimum Gasteiger partial charge on any atom is -0.451 e. The van der Waals surface area contributed by atoms with Gasteiger partial charge in [0.15, 0.2) is 5.76 Å². The van der Waals surface area contributed by atoms with Gasteiger partial charge in [0.2, 0.25) is 0 Å². The number of carbonyl (C=O) groups excluding carboxylic acids is 1. The van der Waals surface area contributed by atoms with Crippen LogP contribution in [-0.2, 0) is 4.79 Å². The van der Waals surface area contributed by atoms with Crippen LogP contribution in [-0.4, -0.2) is 24.5 Å². The smallest absolute Gasteiger partial charge is 0.287 e. The maximum Gasteiger partial charge on any atom is 0.287 e. The van der Waals surface area contributed by atoms with E-state index in [0.717, 1.165) is 43.6 Å². The molecule has 2 N–H and O–H groups in total. The Morgan fingerprint density at radius 3 is 2.59 bits per heavy atom. The fraction of sp³-hybridized carbons (Fsp3) is 0.500. The molecule has 1 aromatic rings. The minimum absolute atomic E-state index is 0.0707. The van der Waals surface area contributed by atoms with Gasteiger partial charge in [-0.25, -0.2) is 0 Å². The van der Waals surface area contributed by atoms with Gasteiger partial charge in [-0.05, 0) is 31.5 Å². The number of nitrogens with one attached hydrogen (secondary N) is 2. The molecule has 1 amide bonds. The average Bonchev–Trinajstić information content (AvgIpc) is 2.78. The van der Waals surface area contributed by atoms with E-state index in [0.29, 0.717) is 12.3 Å². The lowest BCUT2D eigenvalue weighted by atomic mass is 9.77. The van der Waals surface area contributed by atoms with Crippen LogP contribution in [0.5, 0.6) is 5.75 Å². The van der Waals surface area contributed by atoms with Crippen molar-refractivity contribution in [2.45, 2.75) is 44.6 Å². The van der Waals surface area contributed by atoms with Crippen LogP contribution in [0.1, 0.15) is 39.0 Å². The third kappa shape index (κ3) is 2.88.